The molecule has 1 nitrogen and oxygen atoms in total. The molecule has 0 saturated heterocycles. The van der Waals surface area contributed by atoms with E-state index in [4.69, 9.17) is 5.73 Å². The number of hydrogen-bond acceptors (Lipinski definition) is 2. The summed E-state index contributed by atoms with van der Waals surface area (Å²) in [6.07, 6.45) is 7.21. The molecule has 1 unspecified atom stereocenters. The first-order valence-corrected chi connectivity index (χ1v) is 8.01. The molecule has 2 N–H and O–H groups in total. The van der Waals surface area contributed by atoms with Gasteiger partial charge < -0.3 is 5.73 Å². The molecule has 1 aromatic carbocycles. The number of nitrogens with two attached hydrogens (primary N) is 1. The van der Waals surface area contributed by atoms with Crippen molar-refractivity contribution in [1.29, 1.82) is 0 Å². The smallest absolute Gasteiger partial charge is 0.159 e. The van der Waals surface area contributed by atoms with Gasteiger partial charge in [0.1, 0.15) is 0 Å². The zero-order chi connectivity index (χ0) is 13.7. The quantitative estimate of drug-likeness (QED) is 0.888. The van der Waals surface area contributed by atoms with Crippen molar-refractivity contribution in [2.45, 2.75) is 49.8 Å². The van der Waals surface area contributed by atoms with Crippen molar-refractivity contribution in [3.63, 3.8) is 0 Å². The first-order valence-electron chi connectivity index (χ1n) is 6.96. The first kappa shape index (κ1) is 14.8. The van der Waals surface area contributed by atoms with Gasteiger partial charge in [-0.15, -0.1) is 0 Å². The second kappa shape index (κ2) is 7.25. The van der Waals surface area contributed by atoms with Gasteiger partial charge in [-0.05, 0) is 37.0 Å². The van der Waals surface area contributed by atoms with Crippen molar-refractivity contribution in [1.82, 2.24) is 0 Å². The highest BCUT2D eigenvalue weighted by Crippen LogP contribution is 2.28. The van der Waals surface area contributed by atoms with Crippen molar-refractivity contribution in [2.24, 2.45) is 5.73 Å². The van der Waals surface area contributed by atoms with Gasteiger partial charge in [-0.1, -0.05) is 25.3 Å². The molecule has 1 atom stereocenters. The Balaban J connectivity index is 1.76. The SMILES string of the molecule is NC(CSC1CCCCC1)Cc1ccc(F)c(F)c1. The molecule has 1 saturated carbocycles. The highest BCUT2D eigenvalue weighted by Gasteiger charge is 2.15. The van der Waals surface area contributed by atoms with Crippen LogP contribution in [-0.4, -0.2) is 17.0 Å². The minimum atomic E-state index is -0.797. The summed E-state index contributed by atoms with van der Waals surface area (Å²) in [7, 11) is 0. The van der Waals surface area contributed by atoms with Crippen LogP contribution in [0, 0.1) is 11.6 Å². The molecule has 106 valence electrons. The summed E-state index contributed by atoms with van der Waals surface area (Å²) in [6.45, 7) is 0. The predicted molar refractivity (Wildman–Crippen MR) is 77.4 cm³/mol. The Bertz CT molecular complexity index is 405. The molecule has 0 aliphatic heterocycles. The van der Waals surface area contributed by atoms with Crippen molar-refractivity contribution in [3.05, 3.63) is 35.4 Å². The van der Waals surface area contributed by atoms with Gasteiger partial charge in [0.15, 0.2) is 11.6 Å². The lowest BCUT2D eigenvalue weighted by Gasteiger charge is -2.22. The van der Waals surface area contributed by atoms with Crippen LogP contribution in [-0.2, 0) is 6.42 Å². The fourth-order valence-electron chi connectivity index (χ4n) is 2.52. The summed E-state index contributed by atoms with van der Waals surface area (Å²) in [5, 5.41) is 0.741. The third kappa shape index (κ3) is 4.77. The second-order valence-corrected chi connectivity index (χ2v) is 6.64. The predicted octanol–water partition coefficient (Wildman–Crippen LogP) is 3.90. The number of halogens is 2. The highest BCUT2D eigenvalue weighted by molar-refractivity contribution is 7.99. The van der Waals surface area contributed by atoms with E-state index < -0.39 is 11.6 Å². The van der Waals surface area contributed by atoms with E-state index in [1.807, 2.05) is 11.8 Å². The zero-order valence-electron chi connectivity index (χ0n) is 11.1. The molecule has 0 amide bonds. The largest absolute Gasteiger partial charge is 0.327 e. The summed E-state index contributed by atoms with van der Waals surface area (Å²) < 4.78 is 25.9. The van der Waals surface area contributed by atoms with E-state index in [9.17, 15) is 8.78 Å². The van der Waals surface area contributed by atoms with Crippen molar-refractivity contribution >= 4 is 11.8 Å². The molecule has 19 heavy (non-hydrogen) atoms. The number of thioether (sulfide) groups is 1. The average molecular weight is 285 g/mol. The molecular formula is C15H21F2NS. The number of benzene rings is 1. The Hall–Kier alpha value is -0.610. The fraction of sp³-hybridized carbons (Fsp3) is 0.600. The van der Waals surface area contributed by atoms with E-state index >= 15 is 0 Å². The summed E-state index contributed by atoms with van der Waals surface area (Å²) in [5.41, 5.74) is 6.85. The summed E-state index contributed by atoms with van der Waals surface area (Å²) in [5.74, 6) is -0.692. The Morgan fingerprint density at radius 3 is 2.58 bits per heavy atom. The molecule has 1 aromatic rings. The molecule has 1 fully saturated rings. The second-order valence-electron chi connectivity index (χ2n) is 5.31. The van der Waals surface area contributed by atoms with E-state index in [0.717, 1.165) is 16.6 Å². The molecule has 0 spiro atoms. The van der Waals surface area contributed by atoms with Crippen LogP contribution >= 0.6 is 11.8 Å². The van der Waals surface area contributed by atoms with Gasteiger partial charge in [0.05, 0.1) is 0 Å². The number of hydrogen-bond donors (Lipinski definition) is 1. The van der Waals surface area contributed by atoms with Gasteiger partial charge in [-0.25, -0.2) is 8.78 Å². The topological polar surface area (TPSA) is 26.0 Å². The van der Waals surface area contributed by atoms with Gasteiger partial charge in [0.25, 0.3) is 0 Å². The lowest BCUT2D eigenvalue weighted by atomic mass is 10.0. The molecule has 0 heterocycles. The Labute approximate surface area is 118 Å². The van der Waals surface area contributed by atoms with Gasteiger partial charge in [-0.3, -0.25) is 0 Å². The van der Waals surface area contributed by atoms with E-state index in [1.165, 1.54) is 44.2 Å². The van der Waals surface area contributed by atoms with Gasteiger partial charge in [-0.2, -0.15) is 11.8 Å². The van der Waals surface area contributed by atoms with Crippen LogP contribution < -0.4 is 5.73 Å². The van der Waals surface area contributed by atoms with Gasteiger partial charge in [0, 0.05) is 17.0 Å². The standard InChI is InChI=1S/C15H21F2NS/c16-14-7-6-11(9-15(14)17)8-12(18)10-19-13-4-2-1-3-5-13/h6-7,9,12-13H,1-5,8,10,18H2. The lowest BCUT2D eigenvalue weighted by Crippen LogP contribution is -2.27. The third-order valence-corrected chi connectivity index (χ3v) is 5.14. The van der Waals surface area contributed by atoms with Crippen LogP contribution in [0.15, 0.2) is 18.2 Å². The van der Waals surface area contributed by atoms with Crippen molar-refractivity contribution in [3.8, 4) is 0 Å². The van der Waals surface area contributed by atoms with Crippen molar-refractivity contribution < 1.29 is 8.78 Å². The lowest BCUT2D eigenvalue weighted by molar-refractivity contribution is 0.506. The normalized spacial score (nSPS) is 18.5. The maximum atomic E-state index is 13.1. The van der Waals surface area contributed by atoms with Crippen LogP contribution in [0.3, 0.4) is 0 Å². The molecule has 2 rings (SSSR count). The number of rotatable bonds is 5. The molecule has 1 aliphatic carbocycles. The van der Waals surface area contributed by atoms with Gasteiger partial charge >= 0.3 is 0 Å². The Morgan fingerprint density at radius 1 is 1.16 bits per heavy atom. The van der Waals surface area contributed by atoms with Crippen LogP contribution in [0.5, 0.6) is 0 Å². The third-order valence-electron chi connectivity index (χ3n) is 3.58. The van der Waals surface area contributed by atoms with E-state index in [2.05, 4.69) is 0 Å². The molecule has 0 aromatic heterocycles. The fourth-order valence-corrected chi connectivity index (χ4v) is 3.82. The van der Waals surface area contributed by atoms with Crippen LogP contribution in [0.1, 0.15) is 37.7 Å². The zero-order valence-corrected chi connectivity index (χ0v) is 11.9. The van der Waals surface area contributed by atoms with Crippen LogP contribution in [0.4, 0.5) is 8.78 Å². The van der Waals surface area contributed by atoms with E-state index in [1.54, 1.807) is 6.07 Å². The highest BCUT2D eigenvalue weighted by atomic mass is 32.2. The average Bonchev–Trinajstić information content (AvgIpc) is 2.42. The van der Waals surface area contributed by atoms with Crippen LogP contribution in [0.2, 0.25) is 0 Å². The first-order chi connectivity index (χ1) is 9.15. The maximum Gasteiger partial charge on any atom is 0.159 e. The molecule has 4 heteroatoms. The molecule has 1 aliphatic rings. The minimum absolute atomic E-state index is 0.0109. The monoisotopic (exact) mass is 285 g/mol. The molecule has 0 radical (unpaired) electrons. The summed E-state index contributed by atoms with van der Waals surface area (Å²) in [6, 6.07) is 4.05. The Kier molecular flexibility index (Phi) is 5.64. The molecule has 0 bridgehead atoms. The minimum Gasteiger partial charge on any atom is -0.327 e. The molecular weight excluding hydrogens is 264 g/mol. The summed E-state index contributed by atoms with van der Waals surface area (Å²) in [4.78, 5) is 0. The summed E-state index contributed by atoms with van der Waals surface area (Å²) >= 11 is 1.94. The van der Waals surface area contributed by atoms with Gasteiger partial charge in [0.2, 0.25) is 0 Å². The van der Waals surface area contributed by atoms with E-state index in [-0.39, 0.29) is 6.04 Å². The Morgan fingerprint density at radius 2 is 1.89 bits per heavy atom. The maximum absolute atomic E-state index is 13.1. The van der Waals surface area contributed by atoms with Crippen molar-refractivity contribution in [2.75, 3.05) is 5.75 Å². The van der Waals surface area contributed by atoms with E-state index in [0.29, 0.717) is 6.42 Å². The van der Waals surface area contributed by atoms with Crippen LogP contribution in [0.25, 0.3) is 0 Å².